The lowest BCUT2D eigenvalue weighted by Crippen LogP contribution is -2.50. The van der Waals surface area contributed by atoms with Crippen molar-refractivity contribution in [3.05, 3.63) is 101 Å². The fourth-order valence-electron chi connectivity index (χ4n) is 4.90. The van der Waals surface area contributed by atoms with E-state index in [1.54, 1.807) is 24.0 Å². The highest BCUT2D eigenvalue weighted by atomic mass is 35.5. The van der Waals surface area contributed by atoms with E-state index in [1.165, 1.54) is 18.3 Å². The number of carbonyl (C=O) groups is 3. The second kappa shape index (κ2) is 16.0. The number of esters is 1. The molecule has 0 spiro atoms. The van der Waals surface area contributed by atoms with Crippen LogP contribution in [0, 0.1) is 6.92 Å². The molecule has 3 aromatic carbocycles. The Labute approximate surface area is 268 Å². The van der Waals surface area contributed by atoms with Crippen molar-refractivity contribution < 1.29 is 32.3 Å². The molecule has 1 heterocycles. The summed E-state index contributed by atoms with van der Waals surface area (Å²) in [6.45, 7) is 1.67. The van der Waals surface area contributed by atoms with Crippen molar-refractivity contribution in [2.24, 2.45) is 10.9 Å². The number of rotatable bonds is 12. The van der Waals surface area contributed by atoms with Crippen molar-refractivity contribution in [3.8, 4) is 0 Å². The molecule has 0 unspecified atom stereocenters. The number of hydrogen-bond donors (Lipinski definition) is 3. The van der Waals surface area contributed by atoms with Crippen LogP contribution in [-0.2, 0) is 35.6 Å². The molecule has 2 amide bonds. The molecule has 0 bridgehead atoms. The highest BCUT2D eigenvalue weighted by molar-refractivity contribution is 7.89. The summed E-state index contributed by atoms with van der Waals surface area (Å²) in [5, 5.41) is 6.11. The first-order chi connectivity index (χ1) is 21.1. The summed E-state index contributed by atoms with van der Waals surface area (Å²) < 4.78 is 38.5. The van der Waals surface area contributed by atoms with Crippen LogP contribution in [0.15, 0.2) is 88.9 Å². The van der Waals surface area contributed by atoms with Gasteiger partial charge >= 0.3 is 12.1 Å². The van der Waals surface area contributed by atoms with E-state index in [9.17, 15) is 22.8 Å². The molecule has 4 rings (SSSR count). The third-order valence-corrected chi connectivity index (χ3v) is 8.57. The van der Waals surface area contributed by atoms with E-state index in [-0.39, 0.29) is 30.3 Å². The maximum atomic E-state index is 13.2. The number of nitrogens with zero attached hydrogens (tertiary/aromatic N) is 2. The number of sulfonamides is 1. The maximum absolute atomic E-state index is 13.2. The van der Waals surface area contributed by atoms with Gasteiger partial charge in [0.1, 0.15) is 12.1 Å². The van der Waals surface area contributed by atoms with Gasteiger partial charge in [-0.25, -0.2) is 13.2 Å². The molecule has 4 N–H and O–H groups in total. The summed E-state index contributed by atoms with van der Waals surface area (Å²) in [6, 6.07) is 21.3. The number of methoxy groups -OCH3 is 1. The summed E-state index contributed by atoms with van der Waals surface area (Å²) in [5.41, 5.74) is 3.27. The third-order valence-electron chi connectivity index (χ3n) is 7.10. The second-order valence-corrected chi connectivity index (χ2v) is 12.1. The minimum Gasteiger partial charge on any atom is -0.468 e. The van der Waals surface area contributed by atoms with Gasteiger partial charge in [-0.15, -0.1) is 12.4 Å². The Morgan fingerprint density at radius 1 is 1.11 bits per heavy atom. The molecule has 0 radical (unpaired) electrons. The number of cyclic esters (lactones) is 1. The zero-order chi connectivity index (χ0) is 31.7. The highest BCUT2D eigenvalue weighted by Crippen LogP contribution is 2.34. The largest absolute Gasteiger partial charge is 0.468 e. The minimum absolute atomic E-state index is 0. The van der Waals surface area contributed by atoms with E-state index in [2.05, 4.69) is 15.1 Å². The Bertz CT molecular complexity index is 1600. The van der Waals surface area contributed by atoms with Crippen LogP contribution in [-0.4, -0.2) is 63.3 Å². The fourth-order valence-corrected chi connectivity index (χ4v) is 6.19. The normalized spacial score (nSPS) is 17.2. The van der Waals surface area contributed by atoms with Gasteiger partial charge < -0.3 is 20.6 Å². The smallest absolute Gasteiger partial charge is 0.410 e. The first kappa shape index (κ1) is 35.0. The van der Waals surface area contributed by atoms with Crippen molar-refractivity contribution in [1.82, 2.24) is 14.9 Å². The molecule has 12 nitrogen and oxygen atoms in total. The van der Waals surface area contributed by atoms with E-state index in [4.69, 9.17) is 15.3 Å². The predicted molar refractivity (Wildman–Crippen MR) is 170 cm³/mol. The van der Waals surface area contributed by atoms with Crippen molar-refractivity contribution in [3.63, 3.8) is 0 Å². The zero-order valence-electron chi connectivity index (χ0n) is 24.8. The number of amides is 2. The summed E-state index contributed by atoms with van der Waals surface area (Å²) in [6.07, 6.45) is 0.282. The van der Waals surface area contributed by atoms with Gasteiger partial charge in [-0.05, 0) is 41.3 Å². The van der Waals surface area contributed by atoms with Crippen molar-refractivity contribution in [2.75, 3.05) is 13.7 Å². The van der Waals surface area contributed by atoms with Crippen LogP contribution in [0.4, 0.5) is 4.79 Å². The van der Waals surface area contributed by atoms with Gasteiger partial charge in [-0.1, -0.05) is 66.7 Å². The van der Waals surface area contributed by atoms with Crippen LogP contribution in [0.5, 0.6) is 0 Å². The molecular formula is C31H36ClN5O7S. The number of aryl methyl sites for hydroxylation is 1. The van der Waals surface area contributed by atoms with Crippen LogP contribution in [0.3, 0.4) is 0 Å². The van der Waals surface area contributed by atoms with Crippen molar-refractivity contribution >= 4 is 46.6 Å². The minimum atomic E-state index is -4.09. The van der Waals surface area contributed by atoms with E-state index in [1.807, 2.05) is 54.6 Å². The summed E-state index contributed by atoms with van der Waals surface area (Å²) in [4.78, 5) is 40.2. The Morgan fingerprint density at radius 2 is 1.82 bits per heavy atom. The number of halogens is 1. The molecule has 45 heavy (non-hydrogen) atoms. The summed E-state index contributed by atoms with van der Waals surface area (Å²) >= 11 is 0. The predicted octanol–water partition coefficient (Wildman–Crippen LogP) is 3.19. The molecule has 0 aromatic heterocycles. The molecule has 240 valence electrons. The molecule has 1 aliphatic rings. The van der Waals surface area contributed by atoms with Crippen molar-refractivity contribution in [2.45, 2.75) is 49.4 Å². The molecule has 1 saturated heterocycles. The summed E-state index contributed by atoms with van der Waals surface area (Å²) in [7, 11) is -2.97. The number of ether oxygens (including phenoxy) is 2. The van der Waals surface area contributed by atoms with Gasteiger partial charge in [0.25, 0.3) is 0 Å². The van der Waals surface area contributed by atoms with Crippen molar-refractivity contribution in [1.29, 1.82) is 0 Å². The Morgan fingerprint density at radius 3 is 2.47 bits per heavy atom. The van der Waals surface area contributed by atoms with E-state index in [0.29, 0.717) is 13.0 Å². The Kier molecular flexibility index (Phi) is 12.5. The number of hydrogen-bond acceptors (Lipinski definition) is 9. The molecule has 0 aliphatic carbocycles. The Balaban J connectivity index is 0.00000552. The van der Waals surface area contributed by atoms with E-state index < -0.39 is 46.2 Å². The second-order valence-electron chi connectivity index (χ2n) is 10.3. The van der Waals surface area contributed by atoms with Gasteiger partial charge in [0.2, 0.25) is 15.9 Å². The highest BCUT2D eigenvalue weighted by Gasteiger charge is 2.37. The lowest BCUT2D eigenvalue weighted by Gasteiger charge is -2.39. The number of benzene rings is 3. The molecule has 3 aromatic rings. The lowest BCUT2D eigenvalue weighted by atomic mass is 9.95. The molecule has 0 saturated carbocycles. The molecule has 3 atom stereocenters. The monoisotopic (exact) mass is 657 g/mol. The number of carbonyl (C=O) groups excluding carboxylic acids is 3. The van der Waals surface area contributed by atoms with Gasteiger partial charge in [-0.3, -0.25) is 14.5 Å². The number of nitrogens with two attached hydrogens (primary N) is 1. The quantitative estimate of drug-likeness (QED) is 0.115. The van der Waals surface area contributed by atoms with Gasteiger partial charge in [0.05, 0.1) is 30.7 Å². The van der Waals surface area contributed by atoms with Crippen LogP contribution >= 0.6 is 12.4 Å². The third kappa shape index (κ3) is 9.51. The maximum Gasteiger partial charge on any atom is 0.410 e. The first-order valence-electron chi connectivity index (χ1n) is 13.9. The molecule has 14 heteroatoms. The number of hydrazone groups is 1. The average molecular weight is 658 g/mol. The van der Waals surface area contributed by atoms with Crippen LogP contribution in [0.25, 0.3) is 0 Å². The van der Waals surface area contributed by atoms with Crippen LogP contribution in [0.1, 0.15) is 41.1 Å². The lowest BCUT2D eigenvalue weighted by molar-refractivity contribution is -0.142. The Hall–Kier alpha value is -4.46. The topological polar surface area (TPSA) is 169 Å². The van der Waals surface area contributed by atoms with Gasteiger partial charge in [-0.2, -0.15) is 9.82 Å². The van der Waals surface area contributed by atoms with Gasteiger partial charge in [0.15, 0.2) is 0 Å². The zero-order valence-corrected chi connectivity index (χ0v) is 26.4. The van der Waals surface area contributed by atoms with E-state index in [0.717, 1.165) is 29.4 Å². The number of nitrogens with one attached hydrogen (secondary N) is 2. The molecular weight excluding hydrogens is 622 g/mol. The van der Waals surface area contributed by atoms with Crippen LogP contribution in [0.2, 0.25) is 0 Å². The SMILES string of the molecule is COC(=O)[C@H](CNC(=O)C[C@@H]1C[C@H](c2ccc(C=NN)cc2)N(Cc2ccccc2)C(=O)O1)NS(=O)(=O)c1cccc(C)c1.Cl. The standard InChI is InChI=1S/C31H35N5O7S.ClH/c1-21-7-6-10-26(15-21)44(40,41)35-27(30(38)42-2)19-33-29(37)17-25-16-28(24-13-11-22(12-14-24)18-34-32)36(31(39)43-25)20-23-8-4-3-5-9-23;/h3-15,18,25,27-28,35H,16-17,19-20,32H2,1-2H3,(H,33,37);1H/t25-,27-,28+;/m0./s1. The first-order valence-corrected chi connectivity index (χ1v) is 15.4. The molecule has 1 aliphatic heterocycles. The average Bonchev–Trinajstić information content (AvgIpc) is 3.01. The van der Waals surface area contributed by atoms with Gasteiger partial charge in [0, 0.05) is 19.5 Å². The fraction of sp³-hybridized carbons (Fsp3) is 0.290. The summed E-state index contributed by atoms with van der Waals surface area (Å²) in [5.74, 6) is 3.86. The van der Waals surface area contributed by atoms with E-state index >= 15 is 0 Å². The molecule has 1 fully saturated rings. The van der Waals surface area contributed by atoms with Crippen LogP contribution < -0.4 is 15.9 Å².